The first-order valence-corrected chi connectivity index (χ1v) is 3.57. The molecule has 3 nitrogen and oxygen atoms in total. The molecular weight excluding hydrogens is 162 g/mol. The van der Waals surface area contributed by atoms with E-state index in [0.29, 0.717) is 6.42 Å². The van der Waals surface area contributed by atoms with Crippen LogP contribution in [0.1, 0.15) is 6.42 Å². The average Bonchev–Trinajstić information content (AvgIpc) is 2.17. The summed E-state index contributed by atoms with van der Waals surface area (Å²) >= 11 is 4.72. The van der Waals surface area contributed by atoms with E-state index < -0.39 is 11.8 Å². The molecule has 0 aliphatic carbocycles. The van der Waals surface area contributed by atoms with E-state index in [9.17, 15) is 9.59 Å². The Balaban J connectivity index is 2.79. The lowest BCUT2D eigenvalue weighted by Gasteiger charge is -1.98. The standard InChI is InChI=1S/C7H7NO2S/c1-2-3-4-5(11)7(10)8-6(4)9/h2,4H,1,3H2,(H,8,9,10). The zero-order chi connectivity index (χ0) is 8.43. The van der Waals surface area contributed by atoms with Gasteiger partial charge in [0.1, 0.15) is 0 Å². The molecule has 0 saturated carbocycles. The highest BCUT2D eigenvalue weighted by Crippen LogP contribution is 2.12. The molecule has 1 fully saturated rings. The zero-order valence-electron chi connectivity index (χ0n) is 5.79. The number of imide groups is 1. The Morgan fingerprint density at radius 3 is 2.64 bits per heavy atom. The largest absolute Gasteiger partial charge is 0.291 e. The van der Waals surface area contributed by atoms with Crippen molar-refractivity contribution in [2.24, 2.45) is 5.92 Å². The van der Waals surface area contributed by atoms with Crippen molar-refractivity contribution in [3.63, 3.8) is 0 Å². The van der Waals surface area contributed by atoms with Gasteiger partial charge in [0, 0.05) is 0 Å². The van der Waals surface area contributed by atoms with Gasteiger partial charge in [-0.25, -0.2) is 0 Å². The number of carbonyl (C=O) groups is 2. The Bertz CT molecular complexity index is 247. The molecule has 1 aliphatic rings. The summed E-state index contributed by atoms with van der Waals surface area (Å²) in [6.45, 7) is 3.47. The van der Waals surface area contributed by atoms with Crippen LogP contribution in [0.5, 0.6) is 0 Å². The predicted octanol–water partition coefficient (Wildman–Crippen LogP) is 0.205. The summed E-state index contributed by atoms with van der Waals surface area (Å²) in [7, 11) is 0. The van der Waals surface area contributed by atoms with E-state index in [4.69, 9.17) is 12.2 Å². The summed E-state index contributed by atoms with van der Waals surface area (Å²) in [5, 5.41) is 2.13. The molecule has 1 unspecified atom stereocenters. The smallest absolute Gasteiger partial charge is 0.265 e. The fourth-order valence-corrected chi connectivity index (χ4v) is 1.17. The molecule has 58 valence electrons. The fourth-order valence-electron chi connectivity index (χ4n) is 0.919. The molecule has 0 aromatic heterocycles. The number of nitrogens with one attached hydrogen (secondary N) is 1. The molecule has 1 atom stereocenters. The van der Waals surface area contributed by atoms with E-state index in [2.05, 4.69) is 11.9 Å². The lowest BCUT2D eigenvalue weighted by Crippen LogP contribution is -2.22. The number of carbonyl (C=O) groups excluding carboxylic acids is 2. The van der Waals surface area contributed by atoms with Gasteiger partial charge in [-0.15, -0.1) is 6.58 Å². The summed E-state index contributed by atoms with van der Waals surface area (Å²) in [5.74, 6) is -1.20. The lowest BCUT2D eigenvalue weighted by atomic mass is 10.0. The van der Waals surface area contributed by atoms with Gasteiger partial charge in [-0.05, 0) is 6.42 Å². The third kappa shape index (κ3) is 1.35. The topological polar surface area (TPSA) is 46.2 Å². The Morgan fingerprint density at radius 2 is 2.27 bits per heavy atom. The van der Waals surface area contributed by atoms with Crippen molar-refractivity contribution in [3.05, 3.63) is 12.7 Å². The van der Waals surface area contributed by atoms with E-state index in [-0.39, 0.29) is 10.8 Å². The summed E-state index contributed by atoms with van der Waals surface area (Å²) in [6, 6.07) is 0. The van der Waals surface area contributed by atoms with E-state index in [1.807, 2.05) is 0 Å². The highest BCUT2D eigenvalue weighted by Gasteiger charge is 2.35. The van der Waals surface area contributed by atoms with Crippen LogP contribution in [0, 0.1) is 5.92 Å². The highest BCUT2D eigenvalue weighted by atomic mass is 32.1. The molecule has 0 bridgehead atoms. The van der Waals surface area contributed by atoms with Crippen LogP contribution in [0.2, 0.25) is 0 Å². The van der Waals surface area contributed by atoms with Gasteiger partial charge in [-0.3, -0.25) is 14.9 Å². The number of rotatable bonds is 2. The second-order valence-electron chi connectivity index (χ2n) is 2.26. The normalized spacial score (nSPS) is 23.6. The van der Waals surface area contributed by atoms with Crippen LogP contribution in [-0.4, -0.2) is 16.7 Å². The number of hydrogen-bond donors (Lipinski definition) is 1. The molecule has 1 aliphatic heterocycles. The third-order valence-electron chi connectivity index (χ3n) is 1.50. The molecule has 0 aromatic rings. The molecule has 0 spiro atoms. The number of hydrogen-bond acceptors (Lipinski definition) is 3. The van der Waals surface area contributed by atoms with Crippen molar-refractivity contribution in [1.82, 2.24) is 5.32 Å². The van der Waals surface area contributed by atoms with Gasteiger partial charge in [0.25, 0.3) is 5.91 Å². The molecule has 1 N–H and O–H groups in total. The van der Waals surface area contributed by atoms with Crippen molar-refractivity contribution in [3.8, 4) is 0 Å². The van der Waals surface area contributed by atoms with Crippen LogP contribution in [0.15, 0.2) is 12.7 Å². The molecule has 2 amide bonds. The van der Waals surface area contributed by atoms with Crippen molar-refractivity contribution >= 4 is 28.9 Å². The van der Waals surface area contributed by atoms with Crippen molar-refractivity contribution in [1.29, 1.82) is 0 Å². The van der Waals surface area contributed by atoms with Crippen LogP contribution in [0.3, 0.4) is 0 Å². The summed E-state index contributed by atoms with van der Waals surface area (Å²) in [4.78, 5) is 21.9. The number of amides is 2. The van der Waals surface area contributed by atoms with Crippen LogP contribution in [0.25, 0.3) is 0 Å². The quantitative estimate of drug-likeness (QED) is 0.365. The van der Waals surface area contributed by atoms with Gasteiger partial charge in [-0.1, -0.05) is 18.3 Å². The SMILES string of the molecule is C=CCC1C(=O)NC(=O)C1=S. The molecule has 4 heteroatoms. The monoisotopic (exact) mass is 169 g/mol. The summed E-state index contributed by atoms with van der Waals surface area (Å²) < 4.78 is 0. The maximum absolute atomic E-state index is 10.9. The maximum atomic E-state index is 10.9. The zero-order valence-corrected chi connectivity index (χ0v) is 6.61. The second-order valence-corrected chi connectivity index (χ2v) is 2.70. The highest BCUT2D eigenvalue weighted by molar-refractivity contribution is 7.82. The Morgan fingerprint density at radius 1 is 1.64 bits per heavy atom. The number of allylic oxidation sites excluding steroid dienone is 1. The molecule has 1 heterocycles. The van der Waals surface area contributed by atoms with E-state index in [1.54, 1.807) is 6.08 Å². The van der Waals surface area contributed by atoms with Crippen molar-refractivity contribution < 1.29 is 9.59 Å². The molecule has 0 radical (unpaired) electrons. The first-order chi connectivity index (χ1) is 5.16. The van der Waals surface area contributed by atoms with Crippen LogP contribution in [0.4, 0.5) is 0 Å². The van der Waals surface area contributed by atoms with Gasteiger partial charge >= 0.3 is 0 Å². The maximum Gasteiger partial charge on any atom is 0.265 e. The molecule has 1 rings (SSSR count). The average molecular weight is 169 g/mol. The minimum atomic E-state index is -0.463. The van der Waals surface area contributed by atoms with Gasteiger partial charge in [0.2, 0.25) is 5.91 Å². The number of thiocarbonyl (C=S) groups is 1. The minimum absolute atomic E-state index is 0.176. The fraction of sp³-hybridized carbons (Fsp3) is 0.286. The second kappa shape index (κ2) is 2.92. The van der Waals surface area contributed by atoms with Gasteiger partial charge in [0.05, 0.1) is 10.8 Å². The van der Waals surface area contributed by atoms with E-state index in [0.717, 1.165) is 0 Å². The lowest BCUT2D eigenvalue weighted by molar-refractivity contribution is -0.125. The van der Waals surface area contributed by atoms with Crippen LogP contribution in [-0.2, 0) is 9.59 Å². The van der Waals surface area contributed by atoms with Gasteiger partial charge in [0.15, 0.2) is 0 Å². The third-order valence-corrected chi connectivity index (χ3v) is 1.97. The van der Waals surface area contributed by atoms with Crippen molar-refractivity contribution in [2.45, 2.75) is 6.42 Å². The van der Waals surface area contributed by atoms with E-state index >= 15 is 0 Å². The predicted molar refractivity (Wildman–Crippen MR) is 44.1 cm³/mol. The van der Waals surface area contributed by atoms with Crippen LogP contribution < -0.4 is 5.32 Å². The Hall–Kier alpha value is -1.03. The molecule has 1 saturated heterocycles. The Labute approximate surface area is 69.5 Å². The molecular formula is C7H7NO2S. The first-order valence-electron chi connectivity index (χ1n) is 3.16. The van der Waals surface area contributed by atoms with Crippen molar-refractivity contribution in [2.75, 3.05) is 0 Å². The summed E-state index contributed by atoms with van der Waals surface area (Å²) in [6.07, 6.45) is 2.02. The minimum Gasteiger partial charge on any atom is -0.291 e. The van der Waals surface area contributed by atoms with E-state index in [1.165, 1.54) is 0 Å². The molecule has 0 aromatic carbocycles. The van der Waals surface area contributed by atoms with Crippen LogP contribution >= 0.6 is 12.2 Å². The first kappa shape index (κ1) is 8.07. The van der Waals surface area contributed by atoms with Gasteiger partial charge in [-0.2, -0.15) is 0 Å². The molecule has 11 heavy (non-hydrogen) atoms. The van der Waals surface area contributed by atoms with Gasteiger partial charge < -0.3 is 0 Å². The Kier molecular flexibility index (Phi) is 2.14. The summed E-state index contributed by atoms with van der Waals surface area (Å²) in [5.41, 5.74) is 0.